The fraction of sp³-hybridized carbons (Fsp3) is 1.00. The molecule has 0 aliphatic carbocycles. The molecule has 8 heteroatoms. The number of unbranched alkanes of at least 4 members (excludes halogenated alkanes) is 2. The molecule has 0 saturated heterocycles. The highest BCUT2D eigenvalue weighted by Gasteiger charge is 2.28. The summed E-state index contributed by atoms with van der Waals surface area (Å²) in [6.07, 6.45) is 0.983. The zero-order valence-electron chi connectivity index (χ0n) is 7.62. The van der Waals surface area contributed by atoms with Crippen LogP contribution >= 0.6 is 23.5 Å². The Kier molecular flexibility index (Phi) is 6.90. The molecule has 0 fully saturated rings. The van der Waals surface area contributed by atoms with Crippen LogP contribution < -0.4 is 0 Å². The molecule has 0 spiro atoms. The molecule has 0 nitrogen and oxygen atoms in total. The summed E-state index contributed by atoms with van der Waals surface area (Å²) in [7, 11) is 0. The van der Waals surface area contributed by atoms with Crippen LogP contribution in [0.5, 0.6) is 0 Å². The maximum absolute atomic E-state index is 11.6. The van der Waals surface area contributed by atoms with E-state index in [2.05, 4.69) is 0 Å². The van der Waals surface area contributed by atoms with Gasteiger partial charge in [0, 0.05) is 11.5 Å². The second-order valence-corrected chi connectivity index (χ2v) is 4.97. The summed E-state index contributed by atoms with van der Waals surface area (Å²) < 4.78 is 69.6. The normalized spacial score (nSPS) is 13.2. The number of hydrogen-bond acceptors (Lipinski definition) is 2. The third kappa shape index (κ3) is 14.3. The maximum Gasteiger partial charge on any atom is 0.441 e. The van der Waals surface area contributed by atoms with E-state index in [1.54, 1.807) is 0 Å². The number of halogens is 6. The van der Waals surface area contributed by atoms with Crippen molar-refractivity contribution in [2.45, 2.75) is 30.3 Å². The highest BCUT2D eigenvalue weighted by atomic mass is 32.2. The predicted molar refractivity (Wildman–Crippen MR) is 50.9 cm³/mol. The molecule has 92 valence electrons. The smallest absolute Gasteiger partial charge is 0.160 e. The number of thioether (sulfide) groups is 2. The highest BCUT2D eigenvalue weighted by Crippen LogP contribution is 2.32. The van der Waals surface area contributed by atoms with E-state index in [-0.39, 0.29) is 35.0 Å². The lowest BCUT2D eigenvalue weighted by Crippen LogP contribution is -2.02. The van der Waals surface area contributed by atoms with Gasteiger partial charge >= 0.3 is 11.0 Å². The van der Waals surface area contributed by atoms with Gasteiger partial charge in [-0.3, -0.25) is 0 Å². The summed E-state index contributed by atoms with van der Waals surface area (Å²) in [6, 6.07) is 0. The van der Waals surface area contributed by atoms with Crippen LogP contribution in [-0.4, -0.2) is 22.5 Å². The molecule has 0 heterocycles. The maximum atomic E-state index is 11.6. The van der Waals surface area contributed by atoms with Gasteiger partial charge in [0.15, 0.2) is 0 Å². The van der Waals surface area contributed by atoms with Crippen LogP contribution in [0.1, 0.15) is 19.3 Å². The van der Waals surface area contributed by atoms with Gasteiger partial charge in [-0.15, -0.1) is 0 Å². The number of hydrogen-bond donors (Lipinski definition) is 0. The van der Waals surface area contributed by atoms with Crippen LogP contribution in [0.3, 0.4) is 0 Å². The summed E-state index contributed by atoms with van der Waals surface area (Å²) in [5, 5.41) is 0. The van der Waals surface area contributed by atoms with Gasteiger partial charge in [-0.25, -0.2) is 0 Å². The van der Waals surface area contributed by atoms with Gasteiger partial charge in [-0.2, -0.15) is 26.3 Å². The zero-order chi connectivity index (χ0) is 11.9. The van der Waals surface area contributed by atoms with Crippen molar-refractivity contribution >= 4 is 23.5 Å². The van der Waals surface area contributed by atoms with E-state index in [4.69, 9.17) is 0 Å². The molecule has 0 aromatic carbocycles. The van der Waals surface area contributed by atoms with E-state index in [0.717, 1.165) is 0 Å². The Morgan fingerprint density at radius 3 is 1.20 bits per heavy atom. The van der Waals surface area contributed by atoms with Gasteiger partial charge in [0.25, 0.3) is 0 Å². The minimum absolute atomic E-state index is 0.0832. The van der Waals surface area contributed by atoms with E-state index in [1.807, 2.05) is 0 Å². The van der Waals surface area contributed by atoms with E-state index in [1.165, 1.54) is 0 Å². The quantitative estimate of drug-likeness (QED) is 0.509. The van der Waals surface area contributed by atoms with E-state index >= 15 is 0 Å². The molecule has 0 bridgehead atoms. The fourth-order valence-electron chi connectivity index (χ4n) is 0.757. The van der Waals surface area contributed by atoms with Crippen LogP contribution in [-0.2, 0) is 0 Å². The van der Waals surface area contributed by atoms with Crippen LogP contribution in [0.15, 0.2) is 0 Å². The van der Waals surface area contributed by atoms with Crippen molar-refractivity contribution in [1.29, 1.82) is 0 Å². The monoisotopic (exact) mass is 272 g/mol. The molecular formula is C7H10F6S2. The molecular weight excluding hydrogens is 262 g/mol. The lowest BCUT2D eigenvalue weighted by atomic mass is 10.3. The Balaban J connectivity index is 3.20. The molecule has 0 aliphatic heterocycles. The van der Waals surface area contributed by atoms with Crippen LogP contribution in [0.2, 0.25) is 0 Å². The molecule has 0 unspecified atom stereocenters. The van der Waals surface area contributed by atoms with Crippen molar-refractivity contribution in [2.24, 2.45) is 0 Å². The summed E-state index contributed by atoms with van der Waals surface area (Å²) in [5.41, 5.74) is -8.47. The third-order valence-electron chi connectivity index (χ3n) is 1.32. The largest absolute Gasteiger partial charge is 0.441 e. The van der Waals surface area contributed by atoms with Crippen molar-refractivity contribution in [3.8, 4) is 0 Å². The van der Waals surface area contributed by atoms with Gasteiger partial charge in [-0.05, 0) is 12.8 Å². The van der Waals surface area contributed by atoms with Crippen molar-refractivity contribution in [1.82, 2.24) is 0 Å². The minimum atomic E-state index is -4.24. The molecule has 0 aromatic rings. The Morgan fingerprint density at radius 2 is 0.933 bits per heavy atom. The molecule has 0 rings (SSSR count). The Morgan fingerprint density at radius 1 is 0.600 bits per heavy atom. The minimum Gasteiger partial charge on any atom is -0.160 e. The summed E-state index contributed by atoms with van der Waals surface area (Å²) in [6.45, 7) is 0. The topological polar surface area (TPSA) is 0 Å². The second-order valence-electron chi connectivity index (χ2n) is 2.65. The molecule has 0 saturated carbocycles. The van der Waals surface area contributed by atoms with Crippen LogP contribution in [0.4, 0.5) is 26.3 Å². The predicted octanol–water partition coefficient (Wildman–Crippen LogP) is 4.66. The second kappa shape index (κ2) is 6.78. The summed E-state index contributed by atoms with van der Waals surface area (Å²) >= 11 is -0.264. The van der Waals surface area contributed by atoms with Crippen molar-refractivity contribution in [2.75, 3.05) is 11.5 Å². The van der Waals surface area contributed by atoms with Gasteiger partial charge < -0.3 is 0 Å². The Labute approximate surface area is 92.2 Å². The fourth-order valence-corrected chi connectivity index (χ4v) is 1.92. The lowest BCUT2D eigenvalue weighted by molar-refractivity contribution is -0.0335. The average molecular weight is 272 g/mol. The standard InChI is InChI=1S/C7H10F6S2/c8-6(9,10)14-4-2-1-3-5-15-7(11,12)13/h1-5H2. The molecule has 0 amide bonds. The van der Waals surface area contributed by atoms with E-state index in [0.29, 0.717) is 19.3 Å². The Hall–Kier alpha value is 0.280. The van der Waals surface area contributed by atoms with Crippen molar-refractivity contribution in [3.63, 3.8) is 0 Å². The summed E-state index contributed by atoms with van der Waals surface area (Å²) in [4.78, 5) is 0. The molecule has 0 radical (unpaired) electrons. The summed E-state index contributed by atoms with van der Waals surface area (Å²) in [5.74, 6) is -0.166. The average Bonchev–Trinajstić information content (AvgIpc) is 1.98. The molecule has 15 heavy (non-hydrogen) atoms. The van der Waals surface area contributed by atoms with E-state index in [9.17, 15) is 26.3 Å². The molecule has 0 aromatic heterocycles. The molecule has 0 aliphatic rings. The lowest BCUT2D eigenvalue weighted by Gasteiger charge is -2.06. The van der Waals surface area contributed by atoms with Crippen molar-refractivity contribution < 1.29 is 26.3 Å². The number of rotatable bonds is 6. The third-order valence-corrected chi connectivity index (χ3v) is 2.96. The molecule has 0 atom stereocenters. The van der Waals surface area contributed by atoms with Crippen LogP contribution in [0, 0.1) is 0 Å². The Bertz CT molecular complexity index is 146. The SMILES string of the molecule is FC(F)(F)SCCCCCSC(F)(F)F. The van der Waals surface area contributed by atoms with Gasteiger partial charge in [0.2, 0.25) is 0 Å². The van der Waals surface area contributed by atoms with Gasteiger partial charge in [0.05, 0.1) is 0 Å². The highest BCUT2D eigenvalue weighted by molar-refractivity contribution is 8.00. The first kappa shape index (κ1) is 15.3. The zero-order valence-corrected chi connectivity index (χ0v) is 9.25. The van der Waals surface area contributed by atoms with E-state index < -0.39 is 11.0 Å². The first-order valence-electron chi connectivity index (χ1n) is 4.12. The first-order valence-corrected chi connectivity index (χ1v) is 6.09. The first-order chi connectivity index (χ1) is 6.71. The molecule has 0 N–H and O–H groups in total. The number of alkyl halides is 6. The van der Waals surface area contributed by atoms with Gasteiger partial charge in [-0.1, -0.05) is 29.9 Å². The van der Waals surface area contributed by atoms with Crippen molar-refractivity contribution in [3.05, 3.63) is 0 Å². The van der Waals surface area contributed by atoms with Crippen LogP contribution in [0.25, 0.3) is 0 Å². The van der Waals surface area contributed by atoms with Gasteiger partial charge in [0.1, 0.15) is 0 Å².